The van der Waals surface area contributed by atoms with Crippen molar-refractivity contribution >= 4 is 34.8 Å². The molecular formula is C40H50O11. The van der Waals surface area contributed by atoms with E-state index < -0.39 is 80.0 Å². The van der Waals surface area contributed by atoms with Crippen molar-refractivity contribution in [2.75, 3.05) is 0 Å². The zero-order valence-electron chi connectivity index (χ0n) is 31.8. The molecule has 2 saturated heterocycles. The van der Waals surface area contributed by atoms with Crippen molar-refractivity contribution in [1.29, 1.82) is 0 Å². The van der Waals surface area contributed by atoms with E-state index in [1.54, 1.807) is 33.8 Å². The lowest BCUT2D eigenvalue weighted by molar-refractivity contribution is -0.217. The summed E-state index contributed by atoms with van der Waals surface area (Å²) in [6.45, 7) is 22.2. The molecule has 0 radical (unpaired) electrons. The van der Waals surface area contributed by atoms with Gasteiger partial charge in [-0.25, -0.2) is 9.59 Å². The normalized spacial score (nSPS) is 35.2. The quantitative estimate of drug-likeness (QED) is 0.246. The first-order chi connectivity index (χ1) is 23.3. The van der Waals surface area contributed by atoms with Gasteiger partial charge >= 0.3 is 23.9 Å². The number of hydrogen-bond donors (Lipinski definition) is 0. The van der Waals surface area contributed by atoms with Crippen molar-refractivity contribution in [2.24, 2.45) is 21.7 Å². The highest BCUT2D eigenvalue weighted by molar-refractivity contribution is 5.95. The number of esters is 4. The van der Waals surface area contributed by atoms with Gasteiger partial charge in [0.15, 0.2) is 17.6 Å². The van der Waals surface area contributed by atoms with Crippen molar-refractivity contribution in [3.8, 4) is 5.75 Å². The van der Waals surface area contributed by atoms with Gasteiger partial charge in [0.05, 0.1) is 21.8 Å². The highest BCUT2D eigenvalue weighted by atomic mass is 16.7. The van der Waals surface area contributed by atoms with Gasteiger partial charge < -0.3 is 28.1 Å². The van der Waals surface area contributed by atoms with E-state index in [4.69, 9.17) is 28.1 Å². The fraction of sp³-hybridized carbons (Fsp3) is 0.675. The van der Waals surface area contributed by atoms with Crippen molar-refractivity contribution in [1.82, 2.24) is 0 Å². The lowest BCUT2D eigenvalue weighted by Crippen LogP contribution is -2.58. The minimum Gasteiger partial charge on any atom is -0.483 e. The van der Waals surface area contributed by atoms with Gasteiger partial charge in [-0.15, -0.1) is 0 Å². The van der Waals surface area contributed by atoms with E-state index in [1.165, 1.54) is 6.07 Å². The molecule has 2 saturated carbocycles. The summed E-state index contributed by atoms with van der Waals surface area (Å²) in [5, 5.41) is 0.251. The molecule has 1 aromatic carbocycles. The summed E-state index contributed by atoms with van der Waals surface area (Å²) in [4.78, 5) is 69.5. The Labute approximate surface area is 298 Å². The third-order valence-electron chi connectivity index (χ3n) is 14.1. The van der Waals surface area contributed by atoms with E-state index in [0.29, 0.717) is 36.3 Å². The number of aryl methyl sites for hydroxylation is 1. The molecule has 0 amide bonds. The lowest BCUT2D eigenvalue weighted by Gasteiger charge is -2.47. The Morgan fingerprint density at radius 2 is 1.27 bits per heavy atom. The number of fused-ring (bicyclic) bond motifs is 7. The van der Waals surface area contributed by atoms with Crippen LogP contribution in [-0.2, 0) is 50.0 Å². The molecule has 4 fully saturated rings. The second-order valence-electron chi connectivity index (χ2n) is 18.4. The van der Waals surface area contributed by atoms with Crippen molar-refractivity contribution < 1.29 is 47.3 Å². The van der Waals surface area contributed by atoms with Crippen LogP contribution in [0.1, 0.15) is 132 Å². The largest absolute Gasteiger partial charge is 0.483 e. The number of carbonyl (C=O) groups is 4. The van der Waals surface area contributed by atoms with Gasteiger partial charge in [-0.2, -0.15) is 0 Å². The van der Waals surface area contributed by atoms with Crippen LogP contribution in [0.15, 0.2) is 21.3 Å². The van der Waals surface area contributed by atoms with Crippen LogP contribution in [0.3, 0.4) is 0 Å². The maximum Gasteiger partial charge on any atom is 0.351 e. The Kier molecular flexibility index (Phi) is 7.07. The van der Waals surface area contributed by atoms with E-state index >= 15 is 0 Å². The van der Waals surface area contributed by atoms with Gasteiger partial charge in [0.2, 0.25) is 11.2 Å². The monoisotopic (exact) mass is 706 g/mol. The van der Waals surface area contributed by atoms with Gasteiger partial charge in [-0.1, -0.05) is 55.4 Å². The summed E-state index contributed by atoms with van der Waals surface area (Å²) in [7, 11) is 0. The molecule has 6 atom stereocenters. The highest BCUT2D eigenvalue weighted by Crippen LogP contribution is 2.68. The van der Waals surface area contributed by atoms with Gasteiger partial charge in [-0.05, 0) is 64.9 Å². The molecule has 11 heteroatoms. The second kappa shape index (κ2) is 10.2. The molecule has 4 bridgehead atoms. The zero-order valence-corrected chi connectivity index (χ0v) is 31.8. The van der Waals surface area contributed by atoms with Gasteiger partial charge in [0.25, 0.3) is 0 Å². The molecule has 2 aliphatic carbocycles. The van der Waals surface area contributed by atoms with Gasteiger partial charge in [0, 0.05) is 28.9 Å². The van der Waals surface area contributed by atoms with Crippen LogP contribution in [-0.4, -0.2) is 46.8 Å². The average Bonchev–Trinajstić information content (AvgIpc) is 3.49. The fourth-order valence-electron chi connectivity index (χ4n) is 9.43. The number of rotatable bonds is 5. The van der Waals surface area contributed by atoms with Crippen LogP contribution in [0.2, 0.25) is 0 Å². The van der Waals surface area contributed by atoms with E-state index in [2.05, 4.69) is 0 Å². The Bertz CT molecular complexity index is 1990. The van der Waals surface area contributed by atoms with Crippen LogP contribution in [0.4, 0.5) is 0 Å². The molecule has 276 valence electrons. The molecule has 4 heterocycles. The molecule has 0 spiro atoms. The molecular weight excluding hydrogens is 656 g/mol. The Morgan fingerprint density at radius 3 is 1.71 bits per heavy atom. The van der Waals surface area contributed by atoms with Crippen LogP contribution < -0.4 is 10.2 Å². The van der Waals surface area contributed by atoms with Crippen LogP contribution in [0.5, 0.6) is 5.75 Å². The Balaban J connectivity index is 1.45. The molecule has 5 aliphatic rings. The minimum absolute atomic E-state index is 0.146. The molecule has 0 N–H and O–H groups in total. The zero-order chi connectivity index (χ0) is 37.7. The summed E-state index contributed by atoms with van der Waals surface area (Å²) in [5.41, 5.74) is -7.99. The van der Waals surface area contributed by atoms with Crippen molar-refractivity contribution in [2.45, 2.75) is 150 Å². The molecule has 11 nitrogen and oxygen atoms in total. The van der Waals surface area contributed by atoms with E-state index in [0.717, 1.165) is 0 Å². The predicted molar refractivity (Wildman–Crippen MR) is 184 cm³/mol. The fourth-order valence-corrected chi connectivity index (χ4v) is 9.43. The number of benzene rings is 1. The van der Waals surface area contributed by atoms with Crippen molar-refractivity contribution in [3.63, 3.8) is 0 Å². The number of carbonyl (C=O) groups excluding carboxylic acids is 4. The van der Waals surface area contributed by atoms with Crippen molar-refractivity contribution in [3.05, 3.63) is 39.2 Å². The topological polar surface area (TPSA) is 145 Å². The number of hydrogen-bond acceptors (Lipinski definition) is 11. The molecule has 1 aromatic heterocycles. The van der Waals surface area contributed by atoms with E-state index in [9.17, 15) is 24.0 Å². The maximum atomic E-state index is 14.8. The lowest BCUT2D eigenvalue weighted by atomic mass is 9.66. The van der Waals surface area contributed by atoms with E-state index in [1.807, 2.05) is 55.4 Å². The first kappa shape index (κ1) is 35.5. The molecule has 4 unspecified atom stereocenters. The van der Waals surface area contributed by atoms with E-state index in [-0.39, 0.29) is 34.8 Å². The summed E-state index contributed by atoms with van der Waals surface area (Å²) in [5.74, 6) is -1.76. The first-order valence-corrected chi connectivity index (χ1v) is 18.1. The smallest absolute Gasteiger partial charge is 0.351 e. The SMILES string of the molecule is CCc1cc(=O)c2cc(C(C)(C)C)c3c(c2o1)[C@@H](OC(=O)C12CCC(C)(C(=O)O1)C2(C)C)[C@@H](OC(=O)C12CCC(C)(C(=O)O1)C2(C)C)C(C)(C)O3. The summed E-state index contributed by atoms with van der Waals surface area (Å²) >= 11 is 0. The minimum atomic E-state index is -1.61. The summed E-state index contributed by atoms with van der Waals surface area (Å²) in [6, 6.07) is 3.20. The van der Waals surface area contributed by atoms with Gasteiger partial charge in [0.1, 0.15) is 22.7 Å². The summed E-state index contributed by atoms with van der Waals surface area (Å²) < 4.78 is 38.1. The highest BCUT2D eigenvalue weighted by Gasteiger charge is 2.78. The third kappa shape index (κ3) is 4.15. The van der Waals surface area contributed by atoms with Gasteiger partial charge in [-0.3, -0.25) is 14.4 Å². The molecule has 51 heavy (non-hydrogen) atoms. The third-order valence-corrected chi connectivity index (χ3v) is 14.1. The predicted octanol–water partition coefficient (Wildman–Crippen LogP) is 6.56. The Hall–Kier alpha value is -3.89. The standard InChI is InChI=1S/C40H50O11/c1-13-20-18-23(41)21-19-22(33(2,3)4)26-24(25(21)46-20)27(47-31(44)39-16-14-37(11,29(42)50-39)35(39,7)8)28(34(5,6)49-26)48-32(45)40-17-15-38(12,30(43)51-40)36(40,9)10/h18-19,27-28H,13-17H2,1-12H3/t27-,28-,37?,38?,39?,40?/m1/s1. The average molecular weight is 707 g/mol. The molecule has 3 aliphatic heterocycles. The van der Waals surface area contributed by atoms with Crippen LogP contribution in [0, 0.1) is 21.7 Å². The maximum absolute atomic E-state index is 14.8. The summed E-state index contributed by atoms with van der Waals surface area (Å²) in [6.07, 6.45) is -0.939. The molecule has 7 rings (SSSR count). The van der Waals surface area contributed by atoms with Crippen LogP contribution in [0.25, 0.3) is 11.0 Å². The second-order valence-corrected chi connectivity index (χ2v) is 18.4. The van der Waals surface area contributed by atoms with Crippen LogP contribution >= 0.6 is 0 Å². The first-order valence-electron chi connectivity index (χ1n) is 18.1. The number of ether oxygens (including phenoxy) is 5. The molecule has 2 aromatic rings. The Morgan fingerprint density at radius 1 is 0.765 bits per heavy atom.